The van der Waals surface area contributed by atoms with Crippen LogP contribution in [-0.4, -0.2) is 54.4 Å². The van der Waals surface area contributed by atoms with Crippen LogP contribution in [0.2, 0.25) is 0 Å². The van der Waals surface area contributed by atoms with E-state index in [1.54, 1.807) is 0 Å². The minimum absolute atomic E-state index is 0.0422. The van der Waals surface area contributed by atoms with Gasteiger partial charge in [-0.2, -0.15) is 0 Å². The normalized spacial score (nSPS) is 26.7. The number of amides is 1. The highest BCUT2D eigenvalue weighted by molar-refractivity contribution is 5.77. The van der Waals surface area contributed by atoms with Gasteiger partial charge in [-0.3, -0.25) is 4.79 Å². The maximum Gasteiger partial charge on any atom is 0.226 e. The van der Waals surface area contributed by atoms with Crippen LogP contribution in [0.5, 0.6) is 5.75 Å². The van der Waals surface area contributed by atoms with Crippen LogP contribution >= 0.6 is 0 Å². The molecule has 0 radical (unpaired) electrons. The van der Waals surface area contributed by atoms with E-state index >= 15 is 0 Å². The fraction of sp³-hybridized carbons (Fsp3) is 0.650. The summed E-state index contributed by atoms with van der Waals surface area (Å²) in [5.74, 6) is 0.976. The first-order valence-corrected chi connectivity index (χ1v) is 9.31. The second-order valence-corrected chi connectivity index (χ2v) is 7.31. The van der Waals surface area contributed by atoms with E-state index in [9.17, 15) is 9.90 Å². The molecule has 25 heavy (non-hydrogen) atoms. The smallest absolute Gasteiger partial charge is 0.226 e. The SMILES string of the molecule is Cc1cc(C)cc(OCCC(=O)N2CCC[C@@H]2[C@@H]2COCC[C@H]2O)c1. The van der Waals surface area contributed by atoms with Gasteiger partial charge in [0.1, 0.15) is 5.75 Å². The zero-order valence-corrected chi connectivity index (χ0v) is 15.2. The monoisotopic (exact) mass is 347 g/mol. The van der Waals surface area contributed by atoms with Crippen LogP contribution in [0.3, 0.4) is 0 Å². The molecule has 1 aromatic carbocycles. The number of carbonyl (C=O) groups excluding carboxylic acids is 1. The van der Waals surface area contributed by atoms with E-state index < -0.39 is 0 Å². The van der Waals surface area contributed by atoms with Gasteiger partial charge in [0.25, 0.3) is 0 Å². The predicted octanol–water partition coefficient (Wildman–Crippen LogP) is 2.46. The summed E-state index contributed by atoms with van der Waals surface area (Å²) in [5.41, 5.74) is 2.32. The second kappa shape index (κ2) is 8.19. The number of rotatable bonds is 5. The number of aliphatic hydroxyl groups excluding tert-OH is 1. The van der Waals surface area contributed by atoms with Crippen LogP contribution in [-0.2, 0) is 9.53 Å². The summed E-state index contributed by atoms with van der Waals surface area (Å²) in [7, 11) is 0. The zero-order chi connectivity index (χ0) is 17.8. The van der Waals surface area contributed by atoms with E-state index in [0.717, 1.165) is 36.3 Å². The van der Waals surface area contributed by atoms with Crippen molar-refractivity contribution in [3.8, 4) is 5.75 Å². The Morgan fingerprint density at radius 1 is 1.28 bits per heavy atom. The third-order valence-corrected chi connectivity index (χ3v) is 5.26. The molecule has 138 valence electrons. The molecule has 0 bridgehead atoms. The van der Waals surface area contributed by atoms with E-state index in [-0.39, 0.29) is 24.0 Å². The minimum Gasteiger partial charge on any atom is -0.493 e. The van der Waals surface area contributed by atoms with Gasteiger partial charge >= 0.3 is 0 Å². The molecule has 0 aliphatic carbocycles. The van der Waals surface area contributed by atoms with E-state index in [1.165, 1.54) is 0 Å². The number of aryl methyl sites for hydroxylation is 2. The largest absolute Gasteiger partial charge is 0.493 e. The average Bonchev–Trinajstić information content (AvgIpc) is 3.03. The van der Waals surface area contributed by atoms with Gasteiger partial charge in [0.15, 0.2) is 0 Å². The lowest BCUT2D eigenvalue weighted by Gasteiger charge is -2.37. The lowest BCUT2D eigenvalue weighted by atomic mass is 9.89. The van der Waals surface area contributed by atoms with Gasteiger partial charge in [0, 0.05) is 25.1 Å². The van der Waals surface area contributed by atoms with Gasteiger partial charge in [-0.25, -0.2) is 0 Å². The maximum absolute atomic E-state index is 12.7. The standard InChI is InChI=1S/C20H29NO4/c1-14-10-15(2)12-16(11-14)25-9-6-20(23)21-7-3-4-18(21)17-13-24-8-5-19(17)22/h10-12,17-19,22H,3-9,13H2,1-2H3/t17-,18+,19+/m0/s1. The van der Waals surface area contributed by atoms with Gasteiger partial charge < -0.3 is 19.5 Å². The lowest BCUT2D eigenvalue weighted by molar-refractivity contribution is -0.136. The highest BCUT2D eigenvalue weighted by Gasteiger charge is 2.39. The second-order valence-electron chi connectivity index (χ2n) is 7.31. The Morgan fingerprint density at radius 3 is 2.76 bits per heavy atom. The number of nitrogens with zero attached hydrogens (tertiary/aromatic N) is 1. The summed E-state index contributed by atoms with van der Waals surface area (Å²) in [6.45, 7) is 6.40. The number of hydrogen-bond donors (Lipinski definition) is 1. The van der Waals surface area contributed by atoms with Crippen molar-refractivity contribution in [3.05, 3.63) is 29.3 Å². The molecule has 0 unspecified atom stereocenters. The predicted molar refractivity (Wildman–Crippen MR) is 95.7 cm³/mol. The lowest BCUT2D eigenvalue weighted by Crippen LogP contribution is -2.48. The van der Waals surface area contributed by atoms with Crippen molar-refractivity contribution in [1.82, 2.24) is 4.90 Å². The van der Waals surface area contributed by atoms with Gasteiger partial charge in [0.05, 0.1) is 25.7 Å². The quantitative estimate of drug-likeness (QED) is 0.889. The van der Waals surface area contributed by atoms with Crippen molar-refractivity contribution in [2.24, 2.45) is 5.92 Å². The summed E-state index contributed by atoms with van der Waals surface area (Å²) >= 11 is 0. The number of carbonyl (C=O) groups is 1. The van der Waals surface area contributed by atoms with E-state index in [0.29, 0.717) is 32.7 Å². The van der Waals surface area contributed by atoms with Crippen molar-refractivity contribution >= 4 is 5.91 Å². The van der Waals surface area contributed by atoms with E-state index in [2.05, 4.69) is 6.07 Å². The summed E-state index contributed by atoms with van der Waals surface area (Å²) < 4.78 is 11.3. The number of ether oxygens (including phenoxy) is 2. The van der Waals surface area contributed by atoms with Crippen molar-refractivity contribution in [3.63, 3.8) is 0 Å². The molecule has 2 heterocycles. The molecule has 1 aromatic rings. The Bertz CT molecular complexity index is 583. The zero-order valence-electron chi connectivity index (χ0n) is 15.2. The van der Waals surface area contributed by atoms with Crippen LogP contribution in [0.25, 0.3) is 0 Å². The topological polar surface area (TPSA) is 59.0 Å². The first-order chi connectivity index (χ1) is 12.0. The van der Waals surface area contributed by atoms with Crippen LogP contribution in [0, 0.1) is 19.8 Å². The molecule has 0 spiro atoms. The van der Waals surface area contributed by atoms with Crippen LogP contribution in [0.15, 0.2) is 18.2 Å². The first kappa shape index (κ1) is 18.2. The fourth-order valence-electron chi connectivity index (χ4n) is 4.08. The Hall–Kier alpha value is -1.59. The molecule has 5 heteroatoms. The molecule has 3 rings (SSSR count). The molecule has 1 amide bonds. The molecule has 3 atom stereocenters. The van der Waals surface area contributed by atoms with E-state index in [1.807, 2.05) is 30.9 Å². The third-order valence-electron chi connectivity index (χ3n) is 5.26. The Labute approximate surface area is 149 Å². The molecule has 2 fully saturated rings. The number of benzene rings is 1. The highest BCUT2D eigenvalue weighted by atomic mass is 16.5. The molecule has 0 saturated carbocycles. The van der Waals surface area contributed by atoms with Gasteiger partial charge in [-0.15, -0.1) is 0 Å². The first-order valence-electron chi connectivity index (χ1n) is 9.31. The Morgan fingerprint density at radius 2 is 2.04 bits per heavy atom. The van der Waals surface area contributed by atoms with Crippen LogP contribution < -0.4 is 4.74 Å². The molecule has 2 aliphatic heterocycles. The molecule has 0 aromatic heterocycles. The van der Waals surface area contributed by atoms with Gasteiger partial charge in [-0.05, 0) is 56.4 Å². The van der Waals surface area contributed by atoms with Crippen molar-refractivity contribution in [2.45, 2.75) is 51.7 Å². The van der Waals surface area contributed by atoms with Crippen LogP contribution in [0.1, 0.15) is 36.8 Å². The Kier molecular flexibility index (Phi) is 5.97. The summed E-state index contributed by atoms with van der Waals surface area (Å²) in [6, 6.07) is 6.19. The molecule has 2 saturated heterocycles. The molecular weight excluding hydrogens is 318 g/mol. The number of likely N-dealkylation sites (tertiary alicyclic amines) is 1. The van der Waals surface area contributed by atoms with Crippen molar-refractivity contribution in [1.29, 1.82) is 0 Å². The van der Waals surface area contributed by atoms with Gasteiger partial charge in [-0.1, -0.05) is 6.07 Å². The number of hydrogen-bond acceptors (Lipinski definition) is 4. The highest BCUT2D eigenvalue weighted by Crippen LogP contribution is 2.30. The van der Waals surface area contributed by atoms with Crippen molar-refractivity contribution < 1.29 is 19.4 Å². The van der Waals surface area contributed by atoms with Crippen LogP contribution in [0.4, 0.5) is 0 Å². The molecule has 5 nitrogen and oxygen atoms in total. The fourth-order valence-corrected chi connectivity index (χ4v) is 4.08. The van der Waals surface area contributed by atoms with Crippen molar-refractivity contribution in [2.75, 3.05) is 26.4 Å². The molecule has 1 N–H and O–H groups in total. The van der Waals surface area contributed by atoms with E-state index in [4.69, 9.17) is 9.47 Å². The summed E-state index contributed by atoms with van der Waals surface area (Å²) in [6.07, 6.45) is 2.62. The maximum atomic E-state index is 12.7. The number of aliphatic hydroxyl groups is 1. The Balaban J connectivity index is 1.53. The average molecular weight is 347 g/mol. The minimum atomic E-state index is -0.362. The molecule has 2 aliphatic rings. The van der Waals surface area contributed by atoms with Gasteiger partial charge in [0.2, 0.25) is 5.91 Å². The molecular formula is C20H29NO4. The third kappa shape index (κ3) is 4.53. The summed E-state index contributed by atoms with van der Waals surface area (Å²) in [4.78, 5) is 14.6. The summed E-state index contributed by atoms with van der Waals surface area (Å²) in [5, 5.41) is 10.3.